The van der Waals surface area contributed by atoms with Crippen molar-refractivity contribution in [2.45, 2.75) is 26.2 Å². The van der Waals surface area contributed by atoms with E-state index in [1.807, 2.05) is 36.4 Å². The van der Waals surface area contributed by atoms with E-state index in [0.29, 0.717) is 23.6 Å². The summed E-state index contributed by atoms with van der Waals surface area (Å²) in [5, 5.41) is 6.93. The van der Waals surface area contributed by atoms with Crippen LogP contribution in [0.3, 0.4) is 0 Å². The van der Waals surface area contributed by atoms with Crippen molar-refractivity contribution in [3.8, 4) is 0 Å². The number of nitrogens with zero attached hydrogens (tertiary/aromatic N) is 1. The third kappa shape index (κ3) is 3.33. The summed E-state index contributed by atoms with van der Waals surface area (Å²) in [6.45, 7) is 6.15. The number of amides is 1. The Hall–Kier alpha value is -2.88. The highest BCUT2D eigenvalue weighted by Gasteiger charge is 2.30. The maximum atomic E-state index is 12.6. The van der Waals surface area contributed by atoms with E-state index in [2.05, 4.69) is 41.7 Å². The van der Waals surface area contributed by atoms with Crippen LogP contribution >= 0.6 is 0 Å². The van der Waals surface area contributed by atoms with Crippen LogP contribution < -0.4 is 5.32 Å². The summed E-state index contributed by atoms with van der Waals surface area (Å²) < 4.78 is 5.11. The molecule has 0 aliphatic carbocycles. The van der Waals surface area contributed by atoms with Crippen molar-refractivity contribution in [3.63, 3.8) is 0 Å². The number of carbonyl (C=O) groups excluding carboxylic acids is 1. The second-order valence-electron chi connectivity index (χ2n) is 6.45. The minimum absolute atomic E-state index is 0.158. The quantitative estimate of drug-likeness (QED) is 0.766. The van der Waals surface area contributed by atoms with Gasteiger partial charge < -0.3 is 9.84 Å². The number of hydrogen-bond donors (Lipinski definition) is 1. The molecule has 0 saturated heterocycles. The standard InChI is InChI=1S/C21H22N2O2/c1-15-19(16(2)25-23-15)20(24)22-14-21(3,17-10-6-4-7-11-17)18-12-8-5-9-13-18/h4-13H,14H2,1-3H3,(H,22,24). The summed E-state index contributed by atoms with van der Waals surface area (Å²) in [5.74, 6) is 0.380. The maximum absolute atomic E-state index is 12.6. The first-order valence-electron chi connectivity index (χ1n) is 8.34. The number of benzene rings is 2. The van der Waals surface area contributed by atoms with E-state index in [1.54, 1.807) is 13.8 Å². The van der Waals surface area contributed by atoms with Crippen molar-refractivity contribution in [1.29, 1.82) is 0 Å². The fraction of sp³-hybridized carbons (Fsp3) is 0.238. The highest BCUT2D eigenvalue weighted by Crippen LogP contribution is 2.31. The molecular formula is C21H22N2O2. The molecule has 0 fully saturated rings. The van der Waals surface area contributed by atoms with Gasteiger partial charge in [-0.15, -0.1) is 0 Å². The summed E-state index contributed by atoms with van der Waals surface area (Å²) in [4.78, 5) is 12.6. The molecule has 0 bridgehead atoms. The van der Waals surface area contributed by atoms with Gasteiger partial charge in [-0.2, -0.15) is 0 Å². The van der Waals surface area contributed by atoms with Crippen LogP contribution in [-0.2, 0) is 5.41 Å². The molecule has 1 aromatic heterocycles. The number of rotatable bonds is 5. The Labute approximate surface area is 147 Å². The fourth-order valence-corrected chi connectivity index (χ4v) is 3.14. The Morgan fingerprint density at radius 2 is 1.52 bits per heavy atom. The van der Waals surface area contributed by atoms with Crippen LogP contribution in [0.4, 0.5) is 0 Å². The Bertz CT molecular complexity index is 795. The van der Waals surface area contributed by atoms with Crippen molar-refractivity contribution in [1.82, 2.24) is 10.5 Å². The van der Waals surface area contributed by atoms with E-state index in [1.165, 1.54) is 0 Å². The summed E-state index contributed by atoms with van der Waals surface area (Å²) >= 11 is 0. The van der Waals surface area contributed by atoms with Gasteiger partial charge in [0.2, 0.25) is 0 Å². The zero-order valence-electron chi connectivity index (χ0n) is 14.7. The zero-order valence-corrected chi connectivity index (χ0v) is 14.7. The second kappa shape index (κ2) is 6.93. The normalized spacial score (nSPS) is 11.3. The lowest BCUT2D eigenvalue weighted by molar-refractivity contribution is 0.0945. The summed E-state index contributed by atoms with van der Waals surface area (Å²) in [6.07, 6.45) is 0. The number of carbonyl (C=O) groups is 1. The minimum Gasteiger partial charge on any atom is -0.361 e. The van der Waals surface area contributed by atoms with E-state index < -0.39 is 0 Å². The van der Waals surface area contributed by atoms with Gasteiger partial charge in [0.15, 0.2) is 0 Å². The smallest absolute Gasteiger partial charge is 0.256 e. The topological polar surface area (TPSA) is 55.1 Å². The van der Waals surface area contributed by atoms with E-state index in [4.69, 9.17) is 4.52 Å². The molecule has 1 N–H and O–H groups in total. The SMILES string of the molecule is Cc1noc(C)c1C(=O)NCC(C)(c1ccccc1)c1ccccc1. The van der Waals surface area contributed by atoms with E-state index >= 15 is 0 Å². The van der Waals surface area contributed by atoms with Crippen LogP contribution in [0.25, 0.3) is 0 Å². The van der Waals surface area contributed by atoms with Crippen LogP contribution in [0.2, 0.25) is 0 Å². The van der Waals surface area contributed by atoms with Gasteiger partial charge in [0, 0.05) is 12.0 Å². The predicted molar refractivity (Wildman–Crippen MR) is 97.6 cm³/mol. The molecule has 4 nitrogen and oxygen atoms in total. The summed E-state index contributed by atoms with van der Waals surface area (Å²) in [6, 6.07) is 20.4. The lowest BCUT2D eigenvalue weighted by atomic mass is 9.76. The minimum atomic E-state index is -0.336. The zero-order chi connectivity index (χ0) is 17.9. The van der Waals surface area contributed by atoms with Crippen molar-refractivity contribution in [2.24, 2.45) is 0 Å². The first-order chi connectivity index (χ1) is 12.0. The average molecular weight is 334 g/mol. The number of aromatic nitrogens is 1. The first kappa shape index (κ1) is 17.0. The molecule has 0 spiro atoms. The molecule has 128 valence electrons. The number of hydrogen-bond acceptors (Lipinski definition) is 3. The maximum Gasteiger partial charge on any atom is 0.256 e. The molecule has 3 rings (SSSR count). The van der Waals surface area contributed by atoms with E-state index in [9.17, 15) is 4.79 Å². The molecule has 0 unspecified atom stereocenters. The van der Waals surface area contributed by atoms with Crippen LogP contribution in [0.5, 0.6) is 0 Å². The van der Waals surface area contributed by atoms with Crippen LogP contribution in [-0.4, -0.2) is 17.6 Å². The van der Waals surface area contributed by atoms with Gasteiger partial charge >= 0.3 is 0 Å². The van der Waals surface area contributed by atoms with Gasteiger partial charge in [-0.25, -0.2) is 0 Å². The Morgan fingerprint density at radius 1 is 1.00 bits per heavy atom. The van der Waals surface area contributed by atoms with Crippen molar-refractivity contribution >= 4 is 5.91 Å². The molecular weight excluding hydrogens is 312 g/mol. The lowest BCUT2D eigenvalue weighted by Gasteiger charge is -2.31. The van der Waals surface area contributed by atoms with Crippen molar-refractivity contribution in [2.75, 3.05) is 6.54 Å². The Morgan fingerprint density at radius 3 is 1.96 bits per heavy atom. The summed E-state index contributed by atoms with van der Waals surface area (Å²) in [5.41, 5.74) is 3.09. The Balaban J connectivity index is 1.90. The molecule has 1 amide bonds. The molecule has 2 aromatic carbocycles. The van der Waals surface area contributed by atoms with Gasteiger partial charge in [0.25, 0.3) is 5.91 Å². The molecule has 4 heteroatoms. The van der Waals surface area contributed by atoms with Crippen LogP contribution in [0.15, 0.2) is 65.2 Å². The van der Waals surface area contributed by atoms with Gasteiger partial charge in [-0.3, -0.25) is 4.79 Å². The van der Waals surface area contributed by atoms with Gasteiger partial charge in [-0.1, -0.05) is 65.8 Å². The fourth-order valence-electron chi connectivity index (χ4n) is 3.14. The molecule has 0 radical (unpaired) electrons. The molecule has 0 atom stereocenters. The highest BCUT2D eigenvalue weighted by atomic mass is 16.5. The average Bonchev–Trinajstić information content (AvgIpc) is 2.99. The van der Waals surface area contributed by atoms with Crippen molar-refractivity contribution < 1.29 is 9.32 Å². The molecule has 1 heterocycles. The third-order valence-corrected chi connectivity index (χ3v) is 4.68. The predicted octanol–water partition coefficient (Wildman–Crippen LogP) is 4.03. The second-order valence-corrected chi connectivity index (χ2v) is 6.45. The Kier molecular flexibility index (Phi) is 4.70. The summed E-state index contributed by atoms with van der Waals surface area (Å²) in [7, 11) is 0. The van der Waals surface area contributed by atoms with Gasteiger partial charge in [0.1, 0.15) is 11.3 Å². The van der Waals surface area contributed by atoms with Gasteiger partial charge in [0.05, 0.1) is 5.69 Å². The van der Waals surface area contributed by atoms with E-state index in [0.717, 1.165) is 11.1 Å². The molecule has 0 aliphatic heterocycles. The van der Waals surface area contributed by atoms with Gasteiger partial charge in [-0.05, 0) is 31.9 Å². The molecule has 3 aromatic rings. The molecule has 0 aliphatic rings. The molecule has 25 heavy (non-hydrogen) atoms. The van der Waals surface area contributed by atoms with Crippen molar-refractivity contribution in [3.05, 3.63) is 88.8 Å². The highest BCUT2D eigenvalue weighted by molar-refractivity contribution is 5.96. The first-order valence-corrected chi connectivity index (χ1v) is 8.34. The van der Waals surface area contributed by atoms with Crippen LogP contribution in [0, 0.1) is 13.8 Å². The number of aryl methyl sites for hydroxylation is 2. The number of nitrogens with one attached hydrogen (secondary N) is 1. The van der Waals surface area contributed by atoms with E-state index in [-0.39, 0.29) is 11.3 Å². The van der Waals surface area contributed by atoms with Crippen LogP contribution in [0.1, 0.15) is 39.9 Å². The third-order valence-electron chi connectivity index (χ3n) is 4.68. The lowest BCUT2D eigenvalue weighted by Crippen LogP contribution is -2.39. The molecule has 0 saturated carbocycles. The largest absolute Gasteiger partial charge is 0.361 e. The monoisotopic (exact) mass is 334 g/mol.